The number of hydrogen-bond donors (Lipinski definition) is 1. The molecule has 0 aromatic heterocycles. The van der Waals surface area contributed by atoms with Crippen LogP contribution in [0.4, 0.5) is 0 Å². The Bertz CT molecular complexity index is 708. The Morgan fingerprint density at radius 1 is 1.31 bits per heavy atom. The van der Waals surface area contributed by atoms with Crippen LogP contribution in [-0.4, -0.2) is 62.9 Å². The summed E-state index contributed by atoms with van der Waals surface area (Å²) in [7, 11) is 1.67. The summed E-state index contributed by atoms with van der Waals surface area (Å²) < 4.78 is 17.4. The van der Waals surface area contributed by atoms with Gasteiger partial charge in [-0.25, -0.2) is 0 Å². The fourth-order valence-corrected chi connectivity index (χ4v) is 3.97. The Hall–Kier alpha value is -2.05. The number of carbonyl (C=O) groups excluding carboxylic acids is 1. The molecule has 3 aliphatic rings. The summed E-state index contributed by atoms with van der Waals surface area (Å²) >= 11 is 0. The Balaban J connectivity index is 1.37. The molecule has 6 heteroatoms. The van der Waals surface area contributed by atoms with E-state index < -0.39 is 0 Å². The van der Waals surface area contributed by atoms with Gasteiger partial charge in [-0.3, -0.25) is 9.69 Å². The number of piperidine rings is 1. The van der Waals surface area contributed by atoms with Crippen molar-refractivity contribution in [2.24, 2.45) is 0 Å². The molecule has 1 spiro atoms. The number of carbonyl (C=O) groups is 1. The second kappa shape index (κ2) is 7.29. The smallest absolute Gasteiger partial charge is 0.222 e. The molecule has 1 aromatic rings. The first-order chi connectivity index (χ1) is 12.7. The first-order valence-electron chi connectivity index (χ1n) is 9.30. The van der Waals surface area contributed by atoms with E-state index in [2.05, 4.69) is 22.4 Å². The largest absolute Gasteiger partial charge is 0.493 e. The predicted octanol–water partition coefficient (Wildman–Crippen LogP) is 1.84. The number of fused-ring (bicyclic) bond motifs is 1. The molecular formula is C20H26N2O4. The van der Waals surface area contributed by atoms with Crippen LogP contribution in [0.5, 0.6) is 11.5 Å². The summed E-state index contributed by atoms with van der Waals surface area (Å²) in [5.74, 6) is 1.71. The first-order valence-corrected chi connectivity index (χ1v) is 9.30. The second-order valence-corrected chi connectivity index (χ2v) is 7.30. The third-order valence-electron chi connectivity index (χ3n) is 5.53. The normalized spacial score (nSPS) is 22.7. The summed E-state index contributed by atoms with van der Waals surface area (Å²) in [5, 5.41) is 3.00. The highest BCUT2D eigenvalue weighted by Gasteiger charge is 2.37. The maximum atomic E-state index is 11.6. The number of nitrogens with zero attached hydrogens (tertiary/aromatic N) is 1. The lowest BCUT2D eigenvalue weighted by Crippen LogP contribution is -2.51. The number of methoxy groups -OCH3 is 1. The average Bonchev–Trinajstić information content (AvgIpc) is 2.85. The van der Waals surface area contributed by atoms with E-state index in [1.807, 2.05) is 12.1 Å². The van der Waals surface area contributed by atoms with Crippen molar-refractivity contribution >= 4 is 12.0 Å². The average molecular weight is 358 g/mol. The summed E-state index contributed by atoms with van der Waals surface area (Å²) in [4.78, 5) is 14.0. The van der Waals surface area contributed by atoms with Gasteiger partial charge in [0.2, 0.25) is 5.91 Å². The van der Waals surface area contributed by atoms with Crippen molar-refractivity contribution in [3.05, 3.63) is 29.3 Å². The molecule has 0 aliphatic carbocycles. The Morgan fingerprint density at radius 3 is 2.96 bits per heavy atom. The molecule has 0 radical (unpaired) electrons. The minimum atomic E-state index is -0.180. The summed E-state index contributed by atoms with van der Waals surface area (Å²) in [6.07, 6.45) is 4.59. The lowest BCUT2D eigenvalue weighted by molar-refractivity contribution is -0.120. The van der Waals surface area contributed by atoms with E-state index in [0.717, 1.165) is 49.5 Å². The lowest BCUT2D eigenvalue weighted by atomic mass is 9.90. The van der Waals surface area contributed by atoms with E-state index in [9.17, 15) is 4.79 Å². The number of amides is 1. The maximum absolute atomic E-state index is 11.6. The highest BCUT2D eigenvalue weighted by atomic mass is 16.5. The van der Waals surface area contributed by atoms with Gasteiger partial charge >= 0.3 is 0 Å². The molecule has 2 saturated heterocycles. The molecule has 0 atom stereocenters. The van der Waals surface area contributed by atoms with Gasteiger partial charge in [-0.15, -0.1) is 0 Å². The van der Waals surface area contributed by atoms with Gasteiger partial charge in [-0.1, -0.05) is 12.1 Å². The van der Waals surface area contributed by atoms with Crippen molar-refractivity contribution in [3.63, 3.8) is 0 Å². The van der Waals surface area contributed by atoms with E-state index in [1.165, 1.54) is 5.57 Å². The second-order valence-electron chi connectivity index (χ2n) is 7.30. The first kappa shape index (κ1) is 17.4. The van der Waals surface area contributed by atoms with Crippen LogP contribution in [0.1, 0.15) is 24.8 Å². The predicted molar refractivity (Wildman–Crippen MR) is 98.4 cm³/mol. The van der Waals surface area contributed by atoms with Gasteiger partial charge in [-0.2, -0.15) is 0 Å². The Kier molecular flexibility index (Phi) is 4.87. The topological polar surface area (TPSA) is 60.0 Å². The minimum absolute atomic E-state index is 0.0999. The molecule has 26 heavy (non-hydrogen) atoms. The maximum Gasteiger partial charge on any atom is 0.222 e. The highest BCUT2D eigenvalue weighted by molar-refractivity contribution is 5.76. The monoisotopic (exact) mass is 358 g/mol. The van der Waals surface area contributed by atoms with E-state index in [-0.39, 0.29) is 11.5 Å². The van der Waals surface area contributed by atoms with Crippen molar-refractivity contribution in [2.45, 2.75) is 24.9 Å². The third-order valence-corrected chi connectivity index (χ3v) is 5.53. The number of ether oxygens (including phenoxy) is 3. The van der Waals surface area contributed by atoms with E-state index >= 15 is 0 Å². The fraction of sp³-hybridized carbons (Fsp3) is 0.550. The molecule has 0 saturated carbocycles. The van der Waals surface area contributed by atoms with Crippen molar-refractivity contribution < 1.29 is 19.0 Å². The van der Waals surface area contributed by atoms with Crippen molar-refractivity contribution in [1.82, 2.24) is 10.2 Å². The molecule has 3 heterocycles. The van der Waals surface area contributed by atoms with Crippen molar-refractivity contribution in [1.29, 1.82) is 0 Å². The van der Waals surface area contributed by atoms with Crippen LogP contribution in [0.25, 0.3) is 6.08 Å². The fourth-order valence-electron chi connectivity index (χ4n) is 3.97. The van der Waals surface area contributed by atoms with Gasteiger partial charge in [0.25, 0.3) is 0 Å². The quantitative estimate of drug-likeness (QED) is 0.894. The van der Waals surface area contributed by atoms with Crippen LogP contribution in [-0.2, 0) is 9.53 Å². The molecule has 1 amide bonds. The van der Waals surface area contributed by atoms with Gasteiger partial charge in [0.05, 0.1) is 19.3 Å². The van der Waals surface area contributed by atoms with E-state index in [1.54, 1.807) is 7.11 Å². The van der Waals surface area contributed by atoms with Crippen LogP contribution in [0.15, 0.2) is 23.8 Å². The van der Waals surface area contributed by atoms with E-state index in [4.69, 9.17) is 14.2 Å². The van der Waals surface area contributed by atoms with Crippen molar-refractivity contribution in [3.8, 4) is 11.5 Å². The number of hydrogen-bond acceptors (Lipinski definition) is 5. The van der Waals surface area contributed by atoms with Crippen LogP contribution >= 0.6 is 0 Å². The van der Waals surface area contributed by atoms with Gasteiger partial charge < -0.3 is 19.5 Å². The Morgan fingerprint density at radius 2 is 2.15 bits per heavy atom. The number of nitrogens with one attached hydrogen (secondary N) is 1. The molecule has 1 N–H and O–H groups in total. The molecular weight excluding hydrogens is 332 g/mol. The molecule has 6 nitrogen and oxygen atoms in total. The van der Waals surface area contributed by atoms with Gasteiger partial charge in [0.1, 0.15) is 6.61 Å². The van der Waals surface area contributed by atoms with Crippen molar-refractivity contribution in [2.75, 3.05) is 46.5 Å². The van der Waals surface area contributed by atoms with Crippen LogP contribution in [0.2, 0.25) is 0 Å². The minimum Gasteiger partial charge on any atom is -0.493 e. The zero-order valence-electron chi connectivity index (χ0n) is 15.3. The summed E-state index contributed by atoms with van der Waals surface area (Å²) in [6.45, 7) is 4.61. The molecule has 1 aromatic carbocycles. The zero-order valence-corrected chi connectivity index (χ0v) is 15.3. The highest BCUT2D eigenvalue weighted by Crippen LogP contribution is 2.36. The Labute approximate surface area is 154 Å². The molecule has 2 fully saturated rings. The summed E-state index contributed by atoms with van der Waals surface area (Å²) in [6, 6.07) is 5.97. The molecule has 3 aliphatic heterocycles. The standard InChI is InChI=1S/C20H26N2O4/c1-24-17-4-2-3-16-11-15(13-25-19(16)17)12-22-8-6-20(7-9-22)14-21-18(23)5-10-26-20/h2-4,11H,5-10,12-14H2,1H3,(H,21,23). The number of benzene rings is 1. The van der Waals surface area contributed by atoms with E-state index in [0.29, 0.717) is 26.2 Å². The molecule has 0 unspecified atom stereocenters. The third kappa shape index (κ3) is 3.57. The number of likely N-dealkylation sites (tertiary alicyclic amines) is 1. The van der Waals surface area contributed by atoms with Crippen LogP contribution in [0, 0.1) is 0 Å². The van der Waals surface area contributed by atoms with Gasteiger partial charge in [0, 0.05) is 38.2 Å². The zero-order chi connectivity index (χ0) is 18.0. The SMILES string of the molecule is COc1cccc2c1OCC(CN1CCC3(CC1)CNC(=O)CCO3)=C2. The van der Waals surface area contributed by atoms with Crippen LogP contribution < -0.4 is 14.8 Å². The van der Waals surface area contributed by atoms with Gasteiger partial charge in [0.15, 0.2) is 11.5 Å². The molecule has 140 valence electrons. The molecule has 0 bridgehead atoms. The lowest BCUT2D eigenvalue weighted by Gasteiger charge is -2.41. The number of rotatable bonds is 3. The number of para-hydroxylation sites is 1. The summed E-state index contributed by atoms with van der Waals surface area (Å²) in [5.41, 5.74) is 2.17. The van der Waals surface area contributed by atoms with Crippen LogP contribution in [0.3, 0.4) is 0 Å². The van der Waals surface area contributed by atoms with Gasteiger partial charge in [-0.05, 0) is 30.6 Å². The molecule has 4 rings (SSSR count).